The number of rotatable bonds is 4. The zero-order chi connectivity index (χ0) is 17.5. The fourth-order valence-corrected chi connectivity index (χ4v) is 3.35. The highest BCUT2D eigenvalue weighted by molar-refractivity contribution is 5.97. The van der Waals surface area contributed by atoms with Crippen molar-refractivity contribution in [2.75, 3.05) is 13.2 Å². The van der Waals surface area contributed by atoms with Crippen LogP contribution in [0.4, 0.5) is 0 Å². The number of aliphatic imine (C=N–C) groups is 1. The SMILES string of the molecule is CC/C(C)=C/N=C(N)c1ncn(C2COC3(C)C2OC[C@H]3N)c1C. The van der Waals surface area contributed by atoms with Gasteiger partial charge < -0.3 is 25.5 Å². The minimum atomic E-state index is -0.442. The Labute approximate surface area is 142 Å². The summed E-state index contributed by atoms with van der Waals surface area (Å²) in [5, 5.41) is 0. The van der Waals surface area contributed by atoms with E-state index in [1.807, 2.05) is 20.8 Å². The fourth-order valence-electron chi connectivity index (χ4n) is 3.35. The number of allylic oxidation sites excluding steroid dienone is 1. The number of aromatic nitrogens is 2. The summed E-state index contributed by atoms with van der Waals surface area (Å²) < 4.78 is 14.0. The van der Waals surface area contributed by atoms with Gasteiger partial charge in [0.15, 0.2) is 5.84 Å². The van der Waals surface area contributed by atoms with E-state index in [9.17, 15) is 0 Å². The smallest absolute Gasteiger partial charge is 0.151 e. The molecule has 24 heavy (non-hydrogen) atoms. The van der Waals surface area contributed by atoms with Crippen molar-refractivity contribution in [1.29, 1.82) is 0 Å². The number of imidazole rings is 1. The molecule has 0 amide bonds. The zero-order valence-electron chi connectivity index (χ0n) is 14.8. The van der Waals surface area contributed by atoms with E-state index in [0.29, 0.717) is 24.7 Å². The molecule has 2 aliphatic heterocycles. The molecule has 2 saturated heterocycles. The van der Waals surface area contributed by atoms with Crippen molar-refractivity contribution in [1.82, 2.24) is 9.55 Å². The molecule has 3 heterocycles. The van der Waals surface area contributed by atoms with Crippen LogP contribution in [0.2, 0.25) is 0 Å². The number of ether oxygens (including phenoxy) is 2. The van der Waals surface area contributed by atoms with Crippen molar-refractivity contribution in [2.45, 2.75) is 57.9 Å². The Morgan fingerprint density at radius 3 is 3.00 bits per heavy atom. The van der Waals surface area contributed by atoms with Crippen LogP contribution in [-0.2, 0) is 9.47 Å². The van der Waals surface area contributed by atoms with Crippen LogP contribution >= 0.6 is 0 Å². The molecule has 132 valence electrons. The molecule has 3 unspecified atom stereocenters. The second-order valence-corrected chi connectivity index (χ2v) is 6.85. The Bertz CT molecular complexity index is 681. The molecule has 1 aromatic heterocycles. The van der Waals surface area contributed by atoms with Crippen LogP contribution in [0.3, 0.4) is 0 Å². The third kappa shape index (κ3) is 2.66. The van der Waals surface area contributed by atoms with Gasteiger partial charge in [-0.15, -0.1) is 0 Å². The Morgan fingerprint density at radius 2 is 2.29 bits per heavy atom. The second kappa shape index (κ2) is 6.31. The number of hydrogen-bond donors (Lipinski definition) is 2. The Balaban J connectivity index is 1.86. The summed E-state index contributed by atoms with van der Waals surface area (Å²) in [6.45, 7) is 9.20. The first-order chi connectivity index (χ1) is 11.4. The van der Waals surface area contributed by atoms with Crippen molar-refractivity contribution in [3.8, 4) is 0 Å². The maximum Gasteiger partial charge on any atom is 0.151 e. The molecular weight excluding hydrogens is 306 g/mol. The lowest BCUT2D eigenvalue weighted by molar-refractivity contribution is -0.0134. The molecule has 0 spiro atoms. The summed E-state index contributed by atoms with van der Waals surface area (Å²) in [7, 11) is 0. The Hall–Kier alpha value is -1.70. The van der Waals surface area contributed by atoms with Crippen LogP contribution in [0, 0.1) is 6.92 Å². The molecule has 3 rings (SSSR count). The van der Waals surface area contributed by atoms with Gasteiger partial charge in [-0.25, -0.2) is 9.98 Å². The highest BCUT2D eigenvalue weighted by Crippen LogP contribution is 2.42. The van der Waals surface area contributed by atoms with Crippen molar-refractivity contribution in [3.05, 3.63) is 29.5 Å². The van der Waals surface area contributed by atoms with Crippen molar-refractivity contribution in [2.24, 2.45) is 16.5 Å². The molecule has 7 heteroatoms. The number of amidine groups is 1. The van der Waals surface area contributed by atoms with Crippen LogP contribution < -0.4 is 11.5 Å². The molecule has 4 atom stereocenters. The van der Waals surface area contributed by atoms with Crippen LogP contribution in [0.5, 0.6) is 0 Å². The van der Waals surface area contributed by atoms with E-state index in [0.717, 1.165) is 12.1 Å². The van der Waals surface area contributed by atoms with Gasteiger partial charge in [0.05, 0.1) is 31.6 Å². The van der Waals surface area contributed by atoms with Gasteiger partial charge in [-0.05, 0) is 27.2 Å². The summed E-state index contributed by atoms with van der Waals surface area (Å²) in [5.74, 6) is 0.421. The normalized spacial score (nSPS) is 34.0. The largest absolute Gasteiger partial charge is 0.382 e. The lowest BCUT2D eigenvalue weighted by atomic mass is 9.92. The minimum absolute atomic E-state index is 0.0468. The first kappa shape index (κ1) is 17.1. The maximum absolute atomic E-state index is 6.15. The summed E-state index contributed by atoms with van der Waals surface area (Å²) in [4.78, 5) is 8.79. The zero-order valence-corrected chi connectivity index (χ0v) is 14.8. The molecule has 4 N–H and O–H groups in total. The van der Waals surface area contributed by atoms with Crippen molar-refractivity contribution >= 4 is 5.84 Å². The predicted molar refractivity (Wildman–Crippen MR) is 92.8 cm³/mol. The summed E-state index contributed by atoms with van der Waals surface area (Å²) >= 11 is 0. The monoisotopic (exact) mass is 333 g/mol. The lowest BCUT2D eigenvalue weighted by Gasteiger charge is -2.26. The van der Waals surface area contributed by atoms with Gasteiger partial charge in [-0.3, -0.25) is 0 Å². The summed E-state index contributed by atoms with van der Waals surface area (Å²) in [5.41, 5.74) is 14.6. The standard InChI is InChI=1S/C17H27N5O2/c1-5-10(2)6-20-16(19)14-11(3)22(9-21-14)12-7-24-17(4)13(18)8-23-15(12)17/h6,9,12-13,15H,5,7-8,18H2,1-4H3,(H2,19,20)/b10-6+/t12?,13-,15?,17?/m1/s1. The fraction of sp³-hybridized carbons (Fsp3) is 0.647. The Kier molecular flexibility index (Phi) is 4.50. The maximum atomic E-state index is 6.15. The van der Waals surface area contributed by atoms with E-state index in [1.54, 1.807) is 12.5 Å². The second-order valence-electron chi connectivity index (χ2n) is 6.85. The summed E-state index contributed by atoms with van der Waals surface area (Å²) in [6.07, 6.45) is 4.45. The van der Waals surface area contributed by atoms with Gasteiger partial charge in [0.25, 0.3) is 0 Å². The molecule has 7 nitrogen and oxygen atoms in total. The first-order valence-electron chi connectivity index (χ1n) is 8.42. The number of nitrogens with two attached hydrogens (primary N) is 2. The van der Waals surface area contributed by atoms with E-state index in [4.69, 9.17) is 20.9 Å². The van der Waals surface area contributed by atoms with Crippen LogP contribution in [0.25, 0.3) is 0 Å². The third-order valence-corrected chi connectivity index (χ3v) is 5.29. The molecule has 1 aromatic rings. The first-order valence-corrected chi connectivity index (χ1v) is 8.42. The minimum Gasteiger partial charge on any atom is -0.382 e. The lowest BCUT2D eigenvalue weighted by Crippen LogP contribution is -2.48. The van der Waals surface area contributed by atoms with Gasteiger partial charge >= 0.3 is 0 Å². The average molecular weight is 333 g/mol. The van der Waals surface area contributed by atoms with Gasteiger partial charge in [-0.1, -0.05) is 12.5 Å². The number of nitrogens with zero attached hydrogens (tertiary/aromatic N) is 3. The highest BCUT2D eigenvalue weighted by Gasteiger charge is 2.56. The van der Waals surface area contributed by atoms with Crippen LogP contribution in [-0.4, -0.2) is 46.3 Å². The average Bonchev–Trinajstić information content (AvgIpc) is 3.19. The van der Waals surface area contributed by atoms with E-state index < -0.39 is 5.60 Å². The number of hydrogen-bond acceptors (Lipinski definition) is 5. The van der Waals surface area contributed by atoms with Gasteiger partial charge in [0.2, 0.25) is 0 Å². The van der Waals surface area contributed by atoms with Gasteiger partial charge in [-0.2, -0.15) is 0 Å². The highest BCUT2D eigenvalue weighted by atomic mass is 16.6. The quantitative estimate of drug-likeness (QED) is 0.638. The number of fused-ring (bicyclic) bond motifs is 1. The van der Waals surface area contributed by atoms with E-state index in [-0.39, 0.29) is 18.2 Å². The molecule has 0 saturated carbocycles. The molecule has 0 aromatic carbocycles. The molecule has 0 radical (unpaired) electrons. The van der Waals surface area contributed by atoms with E-state index >= 15 is 0 Å². The predicted octanol–water partition coefficient (Wildman–Crippen LogP) is 1.27. The van der Waals surface area contributed by atoms with Gasteiger partial charge in [0, 0.05) is 11.9 Å². The van der Waals surface area contributed by atoms with Crippen molar-refractivity contribution < 1.29 is 9.47 Å². The molecule has 2 fully saturated rings. The van der Waals surface area contributed by atoms with Crippen LogP contribution in [0.15, 0.2) is 23.1 Å². The third-order valence-electron chi connectivity index (χ3n) is 5.29. The van der Waals surface area contributed by atoms with Crippen molar-refractivity contribution in [3.63, 3.8) is 0 Å². The molecule has 0 bridgehead atoms. The van der Waals surface area contributed by atoms with E-state index in [1.165, 1.54) is 5.57 Å². The topological polar surface area (TPSA) is 101 Å². The van der Waals surface area contributed by atoms with Crippen LogP contribution in [0.1, 0.15) is 44.6 Å². The Morgan fingerprint density at radius 1 is 1.54 bits per heavy atom. The van der Waals surface area contributed by atoms with Gasteiger partial charge in [0.1, 0.15) is 17.4 Å². The molecule has 2 aliphatic rings. The summed E-state index contributed by atoms with van der Waals surface area (Å²) in [6, 6.07) is -0.0601. The molecular formula is C17H27N5O2. The van der Waals surface area contributed by atoms with E-state index in [2.05, 4.69) is 21.5 Å². The molecule has 0 aliphatic carbocycles.